The lowest BCUT2D eigenvalue weighted by Gasteiger charge is -2.17. The summed E-state index contributed by atoms with van der Waals surface area (Å²) >= 11 is 0. The molecule has 0 bridgehead atoms. The fraction of sp³-hybridized carbons (Fsp3) is 0.800. The first kappa shape index (κ1) is 19.5. The van der Waals surface area contributed by atoms with Gasteiger partial charge in [-0.05, 0) is 43.9 Å². The number of hydrogen-bond acceptors (Lipinski definition) is 0. The molecule has 0 radical (unpaired) electrons. The van der Waals surface area contributed by atoms with Crippen LogP contribution in [0.25, 0.3) is 0 Å². The lowest BCUT2D eigenvalue weighted by Crippen LogP contribution is -2.03. The molecule has 0 unspecified atom stereocenters. The van der Waals surface area contributed by atoms with Crippen molar-refractivity contribution in [1.29, 1.82) is 0 Å². The summed E-state index contributed by atoms with van der Waals surface area (Å²) in [6, 6.07) is 0. The van der Waals surface area contributed by atoms with E-state index in [4.69, 9.17) is 0 Å². The molecule has 0 saturated carbocycles. The molecule has 0 N–H and O–H groups in total. The largest absolute Gasteiger partial charge is 0.0882 e. The second-order valence-electron chi connectivity index (χ2n) is 7.19. The molecule has 118 valence electrons. The summed E-state index contributed by atoms with van der Waals surface area (Å²) < 4.78 is 0. The summed E-state index contributed by atoms with van der Waals surface area (Å²) in [6.45, 7) is 9.28. The van der Waals surface area contributed by atoms with Crippen LogP contribution in [0.15, 0.2) is 24.3 Å². The molecule has 0 amide bonds. The number of rotatable bonds is 12. The maximum atomic E-state index is 2.36. The Hall–Kier alpha value is -0.520. The average molecular weight is 279 g/mol. The van der Waals surface area contributed by atoms with Crippen LogP contribution in [0, 0.1) is 5.41 Å². The van der Waals surface area contributed by atoms with Gasteiger partial charge in [0.15, 0.2) is 0 Å². The van der Waals surface area contributed by atoms with Gasteiger partial charge in [0.2, 0.25) is 0 Å². The second kappa shape index (κ2) is 13.5. The molecule has 20 heavy (non-hydrogen) atoms. The van der Waals surface area contributed by atoms with Crippen molar-refractivity contribution < 1.29 is 0 Å². The minimum Gasteiger partial charge on any atom is -0.0882 e. The first-order valence-corrected chi connectivity index (χ1v) is 8.86. The van der Waals surface area contributed by atoms with Crippen molar-refractivity contribution in [3.63, 3.8) is 0 Å². The van der Waals surface area contributed by atoms with Gasteiger partial charge in [-0.3, -0.25) is 0 Å². The highest BCUT2D eigenvalue weighted by molar-refractivity contribution is 4.92. The molecular weight excluding hydrogens is 240 g/mol. The Kier molecular flexibility index (Phi) is 13.1. The van der Waals surface area contributed by atoms with Crippen LogP contribution in [0.4, 0.5) is 0 Å². The maximum absolute atomic E-state index is 2.36. The van der Waals surface area contributed by atoms with Crippen molar-refractivity contribution in [1.82, 2.24) is 0 Å². The van der Waals surface area contributed by atoms with Crippen molar-refractivity contribution in [3.05, 3.63) is 24.3 Å². The molecule has 0 aromatic carbocycles. The summed E-state index contributed by atoms with van der Waals surface area (Å²) in [7, 11) is 0. The molecule has 0 rings (SSSR count). The normalized spacial score (nSPS) is 12.8. The Morgan fingerprint density at radius 3 is 1.75 bits per heavy atom. The fourth-order valence-corrected chi connectivity index (χ4v) is 2.29. The fourth-order valence-electron chi connectivity index (χ4n) is 2.29. The van der Waals surface area contributed by atoms with E-state index in [9.17, 15) is 0 Å². The van der Waals surface area contributed by atoms with Gasteiger partial charge in [0.25, 0.3) is 0 Å². The molecule has 0 spiro atoms. The average Bonchev–Trinajstić information content (AvgIpc) is 2.38. The number of hydrogen-bond donors (Lipinski definition) is 0. The lowest BCUT2D eigenvalue weighted by atomic mass is 9.89. The van der Waals surface area contributed by atoms with Gasteiger partial charge < -0.3 is 0 Å². The Bertz CT molecular complexity index is 239. The van der Waals surface area contributed by atoms with Gasteiger partial charge in [0, 0.05) is 0 Å². The highest BCUT2D eigenvalue weighted by Gasteiger charge is 2.08. The molecule has 0 aliphatic heterocycles. The molecule has 0 atom stereocenters. The zero-order valence-electron chi connectivity index (χ0n) is 14.6. The third-order valence-corrected chi connectivity index (χ3v) is 3.63. The number of unbranched alkanes of at least 4 members (excludes halogenated alkanes) is 7. The smallest absolute Gasteiger partial charge is 0.0169 e. The first-order valence-electron chi connectivity index (χ1n) is 8.86. The molecule has 0 fully saturated rings. The van der Waals surface area contributed by atoms with E-state index in [2.05, 4.69) is 52.0 Å². The third-order valence-electron chi connectivity index (χ3n) is 3.63. The van der Waals surface area contributed by atoms with Gasteiger partial charge in [-0.1, -0.05) is 84.1 Å². The van der Waals surface area contributed by atoms with Crippen LogP contribution in [0.5, 0.6) is 0 Å². The Labute approximate surface area is 128 Å². The standard InChI is InChI=1S/C20H38/c1-5-6-7-8-9-10-11-12-13-14-15-16-17-18-19-20(2,3)4/h9-10,12-13H,5-8,11,14-19H2,1-4H3/b10-9-,13-12-. The van der Waals surface area contributed by atoms with Crippen LogP contribution in [-0.4, -0.2) is 0 Å². The summed E-state index contributed by atoms with van der Waals surface area (Å²) in [5, 5.41) is 0. The summed E-state index contributed by atoms with van der Waals surface area (Å²) in [5.41, 5.74) is 0.517. The molecule has 0 aromatic heterocycles. The molecule has 0 aliphatic carbocycles. The minimum atomic E-state index is 0.517. The third kappa shape index (κ3) is 17.5. The Morgan fingerprint density at radius 2 is 1.20 bits per heavy atom. The zero-order valence-corrected chi connectivity index (χ0v) is 14.6. The van der Waals surface area contributed by atoms with Crippen LogP contribution < -0.4 is 0 Å². The van der Waals surface area contributed by atoms with E-state index in [1.54, 1.807) is 0 Å². The van der Waals surface area contributed by atoms with Crippen molar-refractivity contribution >= 4 is 0 Å². The van der Waals surface area contributed by atoms with E-state index < -0.39 is 0 Å². The van der Waals surface area contributed by atoms with Gasteiger partial charge in [-0.2, -0.15) is 0 Å². The summed E-state index contributed by atoms with van der Waals surface area (Å²) in [5.74, 6) is 0. The van der Waals surface area contributed by atoms with E-state index in [-0.39, 0.29) is 0 Å². The molecule has 0 heterocycles. The maximum Gasteiger partial charge on any atom is -0.0169 e. The van der Waals surface area contributed by atoms with E-state index in [1.165, 1.54) is 64.2 Å². The van der Waals surface area contributed by atoms with Crippen LogP contribution in [0.2, 0.25) is 0 Å². The van der Waals surface area contributed by atoms with Crippen molar-refractivity contribution in [3.8, 4) is 0 Å². The number of allylic oxidation sites excluding steroid dienone is 4. The predicted octanol–water partition coefficient (Wildman–Crippen LogP) is 7.46. The Balaban J connectivity index is 3.24. The predicted molar refractivity (Wildman–Crippen MR) is 94.2 cm³/mol. The van der Waals surface area contributed by atoms with Crippen LogP contribution in [0.3, 0.4) is 0 Å². The van der Waals surface area contributed by atoms with Gasteiger partial charge >= 0.3 is 0 Å². The monoisotopic (exact) mass is 278 g/mol. The van der Waals surface area contributed by atoms with E-state index in [0.717, 1.165) is 6.42 Å². The van der Waals surface area contributed by atoms with Crippen molar-refractivity contribution in [2.24, 2.45) is 5.41 Å². The van der Waals surface area contributed by atoms with E-state index >= 15 is 0 Å². The molecule has 0 nitrogen and oxygen atoms in total. The van der Waals surface area contributed by atoms with Crippen LogP contribution in [0.1, 0.15) is 98.3 Å². The minimum absolute atomic E-state index is 0.517. The van der Waals surface area contributed by atoms with Gasteiger partial charge in [0.05, 0.1) is 0 Å². The highest BCUT2D eigenvalue weighted by atomic mass is 14.1. The SMILES string of the molecule is CCCCC/C=C\C/C=C\CCCCCCC(C)(C)C. The first-order chi connectivity index (χ1) is 9.56. The van der Waals surface area contributed by atoms with E-state index in [0.29, 0.717) is 5.41 Å². The summed E-state index contributed by atoms with van der Waals surface area (Å²) in [4.78, 5) is 0. The van der Waals surface area contributed by atoms with Gasteiger partial charge in [0.1, 0.15) is 0 Å². The lowest BCUT2D eigenvalue weighted by molar-refractivity contribution is 0.357. The highest BCUT2D eigenvalue weighted by Crippen LogP contribution is 2.22. The van der Waals surface area contributed by atoms with Gasteiger partial charge in [-0.25, -0.2) is 0 Å². The van der Waals surface area contributed by atoms with Crippen LogP contribution in [-0.2, 0) is 0 Å². The second-order valence-corrected chi connectivity index (χ2v) is 7.19. The van der Waals surface area contributed by atoms with E-state index in [1.807, 2.05) is 0 Å². The molecule has 0 heteroatoms. The van der Waals surface area contributed by atoms with Gasteiger partial charge in [-0.15, -0.1) is 0 Å². The molecule has 0 saturated heterocycles. The quantitative estimate of drug-likeness (QED) is 0.257. The topological polar surface area (TPSA) is 0 Å². The van der Waals surface area contributed by atoms with Crippen LogP contribution >= 0.6 is 0 Å². The molecular formula is C20H38. The summed E-state index contributed by atoms with van der Waals surface area (Å²) in [6.07, 6.45) is 24.0. The molecule has 0 aliphatic rings. The molecule has 0 aromatic rings. The van der Waals surface area contributed by atoms with Crippen molar-refractivity contribution in [2.45, 2.75) is 98.3 Å². The Morgan fingerprint density at radius 1 is 0.650 bits per heavy atom. The zero-order chi connectivity index (χ0) is 15.1. The van der Waals surface area contributed by atoms with Crippen molar-refractivity contribution in [2.75, 3.05) is 0 Å².